The average molecular weight is 264 g/mol. The van der Waals surface area contributed by atoms with E-state index in [4.69, 9.17) is 8.37 Å². The van der Waals surface area contributed by atoms with E-state index < -0.39 is 11.4 Å². The van der Waals surface area contributed by atoms with E-state index in [1.54, 1.807) is 0 Å². The van der Waals surface area contributed by atoms with Crippen molar-refractivity contribution < 1.29 is 12.6 Å². The van der Waals surface area contributed by atoms with Crippen LogP contribution in [0.3, 0.4) is 0 Å². The van der Waals surface area contributed by atoms with Crippen LogP contribution in [-0.2, 0) is 19.7 Å². The lowest BCUT2D eigenvalue weighted by atomic mass is 10.1. The molecule has 0 rings (SSSR count). The van der Waals surface area contributed by atoms with Gasteiger partial charge in [-0.3, -0.25) is 8.37 Å². The first-order valence-electron chi connectivity index (χ1n) is 6.99. The summed E-state index contributed by atoms with van der Waals surface area (Å²) in [5.74, 6) is 0. The quantitative estimate of drug-likeness (QED) is 0.469. The van der Waals surface area contributed by atoms with Gasteiger partial charge in [0.25, 0.3) is 0 Å². The van der Waals surface area contributed by atoms with Gasteiger partial charge in [0.2, 0.25) is 0 Å². The number of unbranched alkanes of at least 4 members (excludes halogenated alkanes) is 7. The maximum Gasteiger partial charge on any atom is 0.304 e. The molecule has 0 aliphatic heterocycles. The van der Waals surface area contributed by atoms with E-state index >= 15 is 0 Å². The zero-order valence-electron chi connectivity index (χ0n) is 11.4. The third-order valence-corrected chi connectivity index (χ3v) is 3.32. The molecule has 0 radical (unpaired) electrons. The molecule has 3 nitrogen and oxygen atoms in total. The van der Waals surface area contributed by atoms with Crippen molar-refractivity contribution in [2.24, 2.45) is 0 Å². The number of hydrogen-bond donors (Lipinski definition) is 0. The summed E-state index contributed by atoms with van der Waals surface area (Å²) in [6, 6.07) is 0. The Hall–Kier alpha value is 0.0700. The Kier molecular flexibility index (Phi) is 14.2. The Morgan fingerprint density at radius 2 is 1.18 bits per heavy atom. The van der Waals surface area contributed by atoms with Gasteiger partial charge >= 0.3 is 11.4 Å². The monoisotopic (exact) mass is 264 g/mol. The molecule has 1 unspecified atom stereocenters. The minimum absolute atomic E-state index is 0.528. The van der Waals surface area contributed by atoms with Crippen molar-refractivity contribution in [3.05, 3.63) is 0 Å². The molecule has 0 aromatic heterocycles. The molecule has 0 spiro atoms. The van der Waals surface area contributed by atoms with Gasteiger partial charge in [0, 0.05) is 0 Å². The maximum atomic E-state index is 11.2. The van der Waals surface area contributed by atoms with Gasteiger partial charge < -0.3 is 0 Å². The standard InChI is InChI=1S/C13H28O3S/c1-3-5-7-8-9-10-11-13-16-17(14)15-12-6-4-2/h3-13H2,1-2H3. The molecule has 0 heterocycles. The van der Waals surface area contributed by atoms with Crippen LogP contribution in [0.25, 0.3) is 0 Å². The second-order valence-electron chi connectivity index (χ2n) is 4.32. The van der Waals surface area contributed by atoms with Crippen molar-refractivity contribution in [1.82, 2.24) is 0 Å². The van der Waals surface area contributed by atoms with Gasteiger partial charge in [0.15, 0.2) is 0 Å². The Labute approximate surface area is 109 Å². The normalized spacial score (nSPS) is 12.8. The van der Waals surface area contributed by atoms with Crippen LogP contribution in [0.15, 0.2) is 0 Å². The molecule has 4 heteroatoms. The van der Waals surface area contributed by atoms with E-state index in [1.807, 2.05) is 0 Å². The molecule has 0 saturated heterocycles. The summed E-state index contributed by atoms with van der Waals surface area (Å²) < 4.78 is 21.2. The zero-order chi connectivity index (χ0) is 12.8. The highest BCUT2D eigenvalue weighted by atomic mass is 32.2. The van der Waals surface area contributed by atoms with Crippen LogP contribution >= 0.6 is 0 Å². The second-order valence-corrected chi connectivity index (χ2v) is 5.20. The van der Waals surface area contributed by atoms with Gasteiger partial charge in [-0.25, -0.2) is 0 Å². The SMILES string of the molecule is CCCCCCCCCOS(=O)OCCCC. The fourth-order valence-electron chi connectivity index (χ4n) is 1.49. The molecule has 0 saturated carbocycles. The molecule has 104 valence electrons. The third-order valence-electron chi connectivity index (χ3n) is 2.60. The smallest absolute Gasteiger partial charge is 0.268 e. The number of hydrogen-bond acceptors (Lipinski definition) is 3. The second kappa shape index (κ2) is 14.1. The summed E-state index contributed by atoms with van der Waals surface area (Å²) in [6.07, 6.45) is 10.7. The number of rotatable bonds is 13. The molecular formula is C13H28O3S. The third kappa shape index (κ3) is 14.0. The highest BCUT2D eigenvalue weighted by Crippen LogP contribution is 2.07. The van der Waals surface area contributed by atoms with Crippen molar-refractivity contribution in [1.29, 1.82) is 0 Å². The van der Waals surface area contributed by atoms with Crippen LogP contribution in [0, 0.1) is 0 Å². The largest absolute Gasteiger partial charge is 0.304 e. The first-order valence-corrected chi connectivity index (χ1v) is 7.99. The highest BCUT2D eigenvalue weighted by molar-refractivity contribution is 7.75. The van der Waals surface area contributed by atoms with Gasteiger partial charge in [0.05, 0.1) is 13.2 Å². The first-order chi connectivity index (χ1) is 8.31. The Balaban J connectivity index is 3.08. The Morgan fingerprint density at radius 3 is 1.76 bits per heavy atom. The molecule has 0 aromatic rings. The lowest BCUT2D eigenvalue weighted by Crippen LogP contribution is -2.04. The van der Waals surface area contributed by atoms with Gasteiger partial charge in [-0.1, -0.05) is 58.8 Å². The Morgan fingerprint density at radius 1 is 0.706 bits per heavy atom. The summed E-state index contributed by atoms with van der Waals surface area (Å²) >= 11 is -1.53. The van der Waals surface area contributed by atoms with Gasteiger partial charge in [0.1, 0.15) is 0 Å². The zero-order valence-corrected chi connectivity index (χ0v) is 12.2. The van der Waals surface area contributed by atoms with Crippen molar-refractivity contribution in [2.45, 2.75) is 71.6 Å². The molecule has 0 aromatic carbocycles. The maximum absolute atomic E-state index is 11.2. The topological polar surface area (TPSA) is 35.5 Å². The van der Waals surface area contributed by atoms with Crippen LogP contribution in [-0.4, -0.2) is 17.4 Å². The van der Waals surface area contributed by atoms with E-state index in [9.17, 15) is 4.21 Å². The summed E-state index contributed by atoms with van der Waals surface area (Å²) in [5.41, 5.74) is 0. The van der Waals surface area contributed by atoms with E-state index in [0.29, 0.717) is 13.2 Å². The van der Waals surface area contributed by atoms with Gasteiger partial charge in [-0.15, -0.1) is 0 Å². The van der Waals surface area contributed by atoms with E-state index in [-0.39, 0.29) is 0 Å². The molecule has 0 N–H and O–H groups in total. The van der Waals surface area contributed by atoms with Crippen LogP contribution in [0.5, 0.6) is 0 Å². The van der Waals surface area contributed by atoms with Gasteiger partial charge in [-0.2, -0.15) is 4.21 Å². The minimum Gasteiger partial charge on any atom is -0.268 e. The summed E-state index contributed by atoms with van der Waals surface area (Å²) in [5, 5.41) is 0. The van der Waals surface area contributed by atoms with Crippen molar-refractivity contribution >= 4 is 11.4 Å². The van der Waals surface area contributed by atoms with E-state index in [0.717, 1.165) is 25.7 Å². The van der Waals surface area contributed by atoms with Crippen molar-refractivity contribution in [3.63, 3.8) is 0 Å². The fourth-order valence-corrected chi connectivity index (χ4v) is 2.07. The van der Waals surface area contributed by atoms with Crippen molar-refractivity contribution in [2.75, 3.05) is 13.2 Å². The molecule has 0 bridgehead atoms. The van der Waals surface area contributed by atoms with Gasteiger partial charge in [-0.05, 0) is 12.8 Å². The molecular weight excluding hydrogens is 236 g/mol. The molecule has 0 fully saturated rings. The average Bonchev–Trinajstić information content (AvgIpc) is 2.33. The Bertz CT molecular complexity index is 174. The van der Waals surface area contributed by atoms with Crippen LogP contribution < -0.4 is 0 Å². The fraction of sp³-hybridized carbons (Fsp3) is 1.00. The predicted molar refractivity (Wildman–Crippen MR) is 72.9 cm³/mol. The minimum atomic E-state index is -1.53. The molecule has 17 heavy (non-hydrogen) atoms. The summed E-state index contributed by atoms with van der Waals surface area (Å²) in [4.78, 5) is 0. The van der Waals surface area contributed by atoms with Crippen molar-refractivity contribution in [3.8, 4) is 0 Å². The first kappa shape index (κ1) is 17.1. The summed E-state index contributed by atoms with van der Waals surface area (Å²) in [7, 11) is 0. The van der Waals surface area contributed by atoms with E-state index in [1.165, 1.54) is 32.1 Å². The highest BCUT2D eigenvalue weighted by Gasteiger charge is 2.00. The molecule has 0 aliphatic carbocycles. The lowest BCUT2D eigenvalue weighted by Gasteiger charge is -2.03. The molecule has 1 atom stereocenters. The summed E-state index contributed by atoms with van der Waals surface area (Å²) in [6.45, 7) is 5.38. The van der Waals surface area contributed by atoms with Crippen LogP contribution in [0.2, 0.25) is 0 Å². The van der Waals surface area contributed by atoms with Crippen LogP contribution in [0.1, 0.15) is 71.6 Å². The van der Waals surface area contributed by atoms with Crippen LogP contribution in [0.4, 0.5) is 0 Å². The molecule has 0 aliphatic rings. The molecule has 0 amide bonds. The predicted octanol–water partition coefficient (Wildman–Crippen LogP) is 4.15. The lowest BCUT2D eigenvalue weighted by molar-refractivity contribution is 0.242. The van der Waals surface area contributed by atoms with E-state index in [2.05, 4.69) is 13.8 Å².